The molecule has 1 amide bonds. The summed E-state index contributed by atoms with van der Waals surface area (Å²) < 4.78 is 10.5. The van der Waals surface area contributed by atoms with Crippen LogP contribution in [0.15, 0.2) is 45.6 Å². The highest BCUT2D eigenvalue weighted by Gasteiger charge is 2.48. The van der Waals surface area contributed by atoms with Gasteiger partial charge in [0.1, 0.15) is 17.1 Å². The first-order valence-electron chi connectivity index (χ1n) is 10.3. The van der Waals surface area contributed by atoms with Crippen LogP contribution in [0.4, 0.5) is 11.6 Å². The van der Waals surface area contributed by atoms with Crippen molar-refractivity contribution in [3.63, 3.8) is 0 Å². The molecular formula is C22H21N7O4. The zero-order valence-electron chi connectivity index (χ0n) is 18.2. The SMILES string of the molecule is Cc1noc(C)c1Nc1nccc(-c2cccc(-c3cc(C4(O)CCN(C)C4=O)on3)n2)n1. The maximum atomic E-state index is 12.3. The Hall–Kier alpha value is -4.12. The van der Waals surface area contributed by atoms with E-state index in [1.807, 2.05) is 19.1 Å². The highest BCUT2D eigenvalue weighted by Crippen LogP contribution is 2.34. The van der Waals surface area contributed by atoms with E-state index >= 15 is 0 Å². The minimum atomic E-state index is -1.71. The highest BCUT2D eigenvalue weighted by atomic mass is 16.5. The lowest BCUT2D eigenvalue weighted by atomic mass is 9.98. The van der Waals surface area contributed by atoms with Crippen LogP contribution in [0.5, 0.6) is 0 Å². The number of carbonyl (C=O) groups is 1. The van der Waals surface area contributed by atoms with Gasteiger partial charge >= 0.3 is 0 Å². The van der Waals surface area contributed by atoms with Gasteiger partial charge in [-0.05, 0) is 32.0 Å². The van der Waals surface area contributed by atoms with E-state index < -0.39 is 11.5 Å². The summed E-state index contributed by atoms with van der Waals surface area (Å²) in [6.07, 6.45) is 1.87. The molecule has 0 aliphatic carbocycles. The summed E-state index contributed by atoms with van der Waals surface area (Å²) in [7, 11) is 1.64. The van der Waals surface area contributed by atoms with Crippen LogP contribution in [0.1, 0.15) is 23.6 Å². The van der Waals surface area contributed by atoms with Crippen molar-refractivity contribution in [2.75, 3.05) is 18.9 Å². The van der Waals surface area contributed by atoms with Crippen LogP contribution in [0, 0.1) is 13.8 Å². The second-order valence-corrected chi connectivity index (χ2v) is 7.91. The molecule has 5 heterocycles. The van der Waals surface area contributed by atoms with Crippen LogP contribution in [0.3, 0.4) is 0 Å². The van der Waals surface area contributed by atoms with Gasteiger partial charge in [0.15, 0.2) is 11.5 Å². The first kappa shape index (κ1) is 20.8. The Morgan fingerprint density at radius 3 is 2.52 bits per heavy atom. The van der Waals surface area contributed by atoms with Gasteiger partial charge in [-0.3, -0.25) is 4.79 Å². The summed E-state index contributed by atoms with van der Waals surface area (Å²) in [5.41, 5.74) is 1.83. The molecule has 0 spiro atoms. The van der Waals surface area contributed by atoms with Gasteiger partial charge < -0.3 is 24.4 Å². The number of hydrogen-bond donors (Lipinski definition) is 2. The van der Waals surface area contributed by atoms with E-state index in [0.29, 0.717) is 52.4 Å². The first-order chi connectivity index (χ1) is 15.8. The van der Waals surface area contributed by atoms with Crippen molar-refractivity contribution in [3.05, 3.63) is 53.7 Å². The van der Waals surface area contributed by atoms with Crippen LogP contribution in [0.25, 0.3) is 22.8 Å². The van der Waals surface area contributed by atoms with E-state index in [2.05, 4.69) is 30.6 Å². The molecule has 1 unspecified atom stereocenters. The molecule has 4 aromatic heterocycles. The molecule has 5 rings (SSSR count). The zero-order chi connectivity index (χ0) is 23.2. The van der Waals surface area contributed by atoms with Crippen molar-refractivity contribution in [2.45, 2.75) is 25.9 Å². The average Bonchev–Trinajstić information content (AvgIpc) is 3.52. The highest BCUT2D eigenvalue weighted by molar-refractivity contribution is 5.87. The summed E-state index contributed by atoms with van der Waals surface area (Å²) in [6.45, 7) is 4.07. The molecule has 0 saturated carbocycles. The van der Waals surface area contributed by atoms with E-state index in [9.17, 15) is 9.90 Å². The normalized spacial score (nSPS) is 18.2. The molecule has 33 heavy (non-hydrogen) atoms. The Morgan fingerprint density at radius 1 is 1.06 bits per heavy atom. The number of aryl methyl sites for hydroxylation is 2. The van der Waals surface area contributed by atoms with Crippen molar-refractivity contribution >= 4 is 17.5 Å². The number of anilines is 2. The van der Waals surface area contributed by atoms with E-state index in [-0.39, 0.29) is 12.2 Å². The lowest BCUT2D eigenvalue weighted by molar-refractivity contribution is -0.144. The molecule has 168 valence electrons. The van der Waals surface area contributed by atoms with Gasteiger partial charge in [0.2, 0.25) is 11.5 Å². The Kier molecular flexibility index (Phi) is 4.90. The number of aromatic nitrogens is 5. The molecule has 1 saturated heterocycles. The van der Waals surface area contributed by atoms with Crippen molar-refractivity contribution < 1.29 is 18.9 Å². The third-order valence-electron chi connectivity index (χ3n) is 5.63. The van der Waals surface area contributed by atoms with Crippen molar-refractivity contribution in [1.82, 2.24) is 30.2 Å². The van der Waals surface area contributed by atoms with Crippen LogP contribution in [-0.4, -0.2) is 54.8 Å². The molecule has 11 nitrogen and oxygen atoms in total. The molecule has 1 atom stereocenters. The van der Waals surface area contributed by atoms with Gasteiger partial charge in [-0.1, -0.05) is 16.4 Å². The fourth-order valence-corrected chi connectivity index (χ4v) is 3.73. The quantitative estimate of drug-likeness (QED) is 0.468. The molecule has 1 aliphatic heterocycles. The number of likely N-dealkylation sites (N-methyl/N-ethyl adjacent to an activating group) is 1. The van der Waals surface area contributed by atoms with Gasteiger partial charge in [-0.2, -0.15) is 0 Å². The summed E-state index contributed by atoms with van der Waals surface area (Å²) in [5, 5.41) is 21.9. The smallest absolute Gasteiger partial charge is 0.262 e. The molecule has 0 aromatic carbocycles. The number of likely N-dealkylation sites (tertiary alicyclic amines) is 1. The predicted molar refractivity (Wildman–Crippen MR) is 116 cm³/mol. The largest absolute Gasteiger partial charge is 0.373 e. The first-order valence-corrected chi connectivity index (χ1v) is 10.3. The topological polar surface area (TPSA) is 143 Å². The van der Waals surface area contributed by atoms with E-state index in [1.165, 1.54) is 4.90 Å². The van der Waals surface area contributed by atoms with Crippen LogP contribution >= 0.6 is 0 Å². The number of hydrogen-bond acceptors (Lipinski definition) is 10. The Morgan fingerprint density at radius 2 is 1.82 bits per heavy atom. The van der Waals surface area contributed by atoms with Crippen LogP contribution in [0.2, 0.25) is 0 Å². The van der Waals surface area contributed by atoms with Gasteiger partial charge in [0, 0.05) is 32.3 Å². The molecule has 0 radical (unpaired) electrons. The Bertz CT molecular complexity index is 1330. The third-order valence-corrected chi connectivity index (χ3v) is 5.63. The number of nitrogens with one attached hydrogen (secondary N) is 1. The minimum absolute atomic E-state index is 0.104. The van der Waals surface area contributed by atoms with Crippen LogP contribution < -0.4 is 5.32 Å². The molecule has 0 bridgehead atoms. The number of carbonyl (C=O) groups excluding carboxylic acids is 1. The van der Waals surface area contributed by atoms with Crippen LogP contribution in [-0.2, 0) is 10.4 Å². The summed E-state index contributed by atoms with van der Waals surface area (Å²) in [5.74, 6) is 0.708. The molecule has 1 aliphatic rings. The molecule has 4 aromatic rings. The van der Waals surface area contributed by atoms with Gasteiger partial charge in [0.05, 0.1) is 17.1 Å². The van der Waals surface area contributed by atoms with Crippen molar-refractivity contribution in [2.24, 2.45) is 0 Å². The maximum absolute atomic E-state index is 12.3. The second-order valence-electron chi connectivity index (χ2n) is 7.91. The molecular weight excluding hydrogens is 426 g/mol. The Balaban J connectivity index is 1.43. The van der Waals surface area contributed by atoms with Crippen molar-refractivity contribution in [3.8, 4) is 22.8 Å². The second kappa shape index (κ2) is 7.78. The number of rotatable bonds is 5. The van der Waals surface area contributed by atoms with E-state index in [1.54, 1.807) is 38.4 Å². The molecule has 2 N–H and O–H groups in total. The lowest BCUT2D eigenvalue weighted by Crippen LogP contribution is -2.35. The summed E-state index contributed by atoms with van der Waals surface area (Å²) in [6, 6.07) is 8.69. The molecule has 11 heteroatoms. The number of pyridine rings is 1. The summed E-state index contributed by atoms with van der Waals surface area (Å²) in [4.78, 5) is 27.2. The number of aliphatic hydroxyl groups is 1. The molecule has 1 fully saturated rings. The number of nitrogens with zero attached hydrogens (tertiary/aromatic N) is 6. The van der Waals surface area contributed by atoms with E-state index in [4.69, 9.17) is 9.05 Å². The Labute approximate surface area is 188 Å². The monoisotopic (exact) mass is 447 g/mol. The van der Waals surface area contributed by atoms with Gasteiger partial charge in [0.25, 0.3) is 5.91 Å². The average molecular weight is 447 g/mol. The standard InChI is InChI=1S/C22H21N7O4/c1-12-19(13(2)32-27-12)26-21-23-9-7-16(25-21)14-5-4-6-15(24-14)17-11-18(33-28-17)22(31)8-10-29(3)20(22)30/h4-7,9,11,31H,8,10H2,1-3H3,(H,23,25,26). The van der Waals surface area contributed by atoms with Crippen molar-refractivity contribution in [1.29, 1.82) is 0 Å². The zero-order valence-corrected chi connectivity index (χ0v) is 18.2. The van der Waals surface area contributed by atoms with Gasteiger partial charge in [-0.15, -0.1) is 0 Å². The number of amides is 1. The minimum Gasteiger partial charge on any atom is -0.373 e. The maximum Gasteiger partial charge on any atom is 0.262 e. The summed E-state index contributed by atoms with van der Waals surface area (Å²) >= 11 is 0. The fourth-order valence-electron chi connectivity index (χ4n) is 3.73. The van der Waals surface area contributed by atoms with Gasteiger partial charge in [-0.25, -0.2) is 15.0 Å². The lowest BCUT2D eigenvalue weighted by Gasteiger charge is -2.16. The third kappa shape index (κ3) is 3.61. The fraction of sp³-hybridized carbons (Fsp3) is 0.273. The van der Waals surface area contributed by atoms with E-state index in [0.717, 1.165) is 0 Å². The predicted octanol–water partition coefficient (Wildman–Crippen LogP) is 2.59.